The fourth-order valence-electron chi connectivity index (χ4n) is 3.94. The van der Waals surface area contributed by atoms with Crippen molar-refractivity contribution in [3.8, 4) is 11.5 Å². The lowest BCUT2D eigenvalue weighted by Gasteiger charge is -2.34. The number of amides is 1. The number of carbonyl (C=O) groups excluding carboxylic acids is 1. The minimum Gasteiger partial charge on any atom is -0.493 e. The van der Waals surface area contributed by atoms with Crippen molar-refractivity contribution in [2.45, 2.75) is 31.6 Å². The number of anilines is 2. The first kappa shape index (κ1) is 22.5. The highest BCUT2D eigenvalue weighted by atomic mass is 19.4. The Hall–Kier alpha value is -3.69. The molecule has 0 bridgehead atoms. The second-order valence-electron chi connectivity index (χ2n) is 7.78. The summed E-state index contributed by atoms with van der Waals surface area (Å²) in [5.41, 5.74) is 2.07. The van der Waals surface area contributed by atoms with E-state index < -0.39 is 24.2 Å². The van der Waals surface area contributed by atoms with Gasteiger partial charge in [0.1, 0.15) is 11.4 Å². The fourth-order valence-corrected chi connectivity index (χ4v) is 3.94. The van der Waals surface area contributed by atoms with Crippen molar-refractivity contribution in [2.75, 3.05) is 24.9 Å². The highest BCUT2D eigenvalue weighted by Gasteiger charge is 2.47. The highest BCUT2D eigenvalue weighted by Crippen LogP contribution is 2.45. The number of hydrogen-bond donors (Lipinski definition) is 2. The molecular weight excluding hydrogens is 437 g/mol. The summed E-state index contributed by atoms with van der Waals surface area (Å²) in [4.78, 5) is 12.9. The highest BCUT2D eigenvalue weighted by molar-refractivity contribution is 6.07. The Labute approximate surface area is 188 Å². The van der Waals surface area contributed by atoms with E-state index in [0.717, 1.165) is 16.4 Å². The molecule has 0 saturated carbocycles. The molecule has 0 radical (unpaired) electrons. The number of aryl methyl sites for hydroxylation is 1. The zero-order valence-corrected chi connectivity index (χ0v) is 18.2. The van der Waals surface area contributed by atoms with Crippen molar-refractivity contribution < 1.29 is 27.4 Å². The van der Waals surface area contributed by atoms with Crippen LogP contribution in [0.15, 0.2) is 48.7 Å². The van der Waals surface area contributed by atoms with Crippen molar-refractivity contribution in [1.29, 1.82) is 0 Å². The van der Waals surface area contributed by atoms with Crippen LogP contribution in [0.4, 0.5) is 24.7 Å². The summed E-state index contributed by atoms with van der Waals surface area (Å²) >= 11 is 0. The molecule has 1 aromatic heterocycles. The molecule has 1 aliphatic heterocycles. The van der Waals surface area contributed by atoms with E-state index in [1.165, 1.54) is 14.2 Å². The summed E-state index contributed by atoms with van der Waals surface area (Å²) in [5.74, 6) is 0.321. The minimum atomic E-state index is -4.55. The lowest BCUT2D eigenvalue weighted by molar-refractivity contribution is -0.173. The summed E-state index contributed by atoms with van der Waals surface area (Å²) in [6.45, 7) is 1.88. The summed E-state index contributed by atoms with van der Waals surface area (Å²) in [6.07, 6.45) is -3.70. The molecule has 174 valence electrons. The van der Waals surface area contributed by atoms with Gasteiger partial charge >= 0.3 is 6.18 Å². The van der Waals surface area contributed by atoms with Crippen molar-refractivity contribution in [3.05, 3.63) is 65.4 Å². The van der Waals surface area contributed by atoms with Gasteiger partial charge < -0.3 is 20.1 Å². The topological polar surface area (TPSA) is 77.4 Å². The first-order valence-corrected chi connectivity index (χ1v) is 10.2. The number of alkyl halides is 3. The number of ether oxygens (including phenoxy) is 2. The minimum absolute atomic E-state index is 0.00788. The van der Waals surface area contributed by atoms with Crippen LogP contribution in [0.25, 0.3) is 0 Å². The van der Waals surface area contributed by atoms with Gasteiger partial charge in [-0.3, -0.25) is 4.79 Å². The Morgan fingerprint density at radius 1 is 1.15 bits per heavy atom. The van der Waals surface area contributed by atoms with Crippen LogP contribution in [-0.2, 0) is 0 Å². The number of nitrogens with zero attached hydrogens (tertiary/aromatic N) is 2. The van der Waals surface area contributed by atoms with E-state index >= 15 is 0 Å². The molecule has 2 aromatic carbocycles. The van der Waals surface area contributed by atoms with Gasteiger partial charge in [0.2, 0.25) is 0 Å². The Bertz CT molecular complexity index is 1180. The number of aromatic nitrogens is 2. The molecule has 0 saturated heterocycles. The third-order valence-electron chi connectivity index (χ3n) is 5.57. The van der Waals surface area contributed by atoms with Gasteiger partial charge in [0.05, 0.1) is 26.5 Å². The van der Waals surface area contributed by atoms with E-state index in [2.05, 4.69) is 15.7 Å². The van der Waals surface area contributed by atoms with Crippen molar-refractivity contribution in [1.82, 2.24) is 9.78 Å². The van der Waals surface area contributed by atoms with E-state index in [1.54, 1.807) is 36.4 Å². The van der Waals surface area contributed by atoms with Crippen LogP contribution in [-0.4, -0.2) is 36.1 Å². The second-order valence-corrected chi connectivity index (χ2v) is 7.78. The van der Waals surface area contributed by atoms with E-state index in [0.29, 0.717) is 22.7 Å². The smallest absolute Gasteiger partial charge is 0.410 e. The normalized spacial score (nSPS) is 17.6. The van der Waals surface area contributed by atoms with Crippen LogP contribution in [0.1, 0.15) is 40.0 Å². The van der Waals surface area contributed by atoms with Crippen LogP contribution in [0.3, 0.4) is 0 Å². The average Bonchev–Trinajstić information content (AvgIpc) is 3.21. The molecule has 0 spiro atoms. The van der Waals surface area contributed by atoms with Crippen molar-refractivity contribution in [2.24, 2.45) is 0 Å². The zero-order chi connectivity index (χ0) is 23.8. The average molecular weight is 460 g/mol. The maximum Gasteiger partial charge on any atom is 0.410 e. The number of halogens is 3. The quantitative estimate of drug-likeness (QED) is 0.553. The Morgan fingerprint density at radius 3 is 2.58 bits per heavy atom. The third kappa shape index (κ3) is 4.46. The maximum absolute atomic E-state index is 13.9. The van der Waals surface area contributed by atoms with Gasteiger partial charge in [-0.25, -0.2) is 4.68 Å². The summed E-state index contributed by atoms with van der Waals surface area (Å²) in [6, 6.07) is 9.44. The second kappa shape index (κ2) is 8.68. The number of nitrogens with one attached hydrogen (secondary N) is 2. The Balaban J connectivity index is 1.70. The number of methoxy groups -OCH3 is 2. The number of benzene rings is 2. The first-order valence-electron chi connectivity index (χ1n) is 10.2. The first-order chi connectivity index (χ1) is 15.7. The Kier molecular flexibility index (Phi) is 5.92. The maximum atomic E-state index is 13.9. The zero-order valence-electron chi connectivity index (χ0n) is 18.2. The lowest BCUT2D eigenvalue weighted by atomic mass is 9.96. The lowest BCUT2D eigenvalue weighted by Crippen LogP contribution is -2.36. The van der Waals surface area contributed by atoms with E-state index in [-0.39, 0.29) is 17.8 Å². The summed E-state index contributed by atoms with van der Waals surface area (Å²) < 4.78 is 53.2. The van der Waals surface area contributed by atoms with Crippen LogP contribution in [0.5, 0.6) is 11.5 Å². The molecule has 0 aliphatic carbocycles. The van der Waals surface area contributed by atoms with Crippen molar-refractivity contribution >= 4 is 17.4 Å². The largest absolute Gasteiger partial charge is 0.493 e. The number of carbonyl (C=O) groups is 1. The molecular formula is C23H23F3N4O3. The molecule has 1 aliphatic rings. The van der Waals surface area contributed by atoms with Crippen LogP contribution >= 0.6 is 0 Å². The standard InChI is InChI=1S/C23H23F3N4O3/c1-13-5-4-6-15(9-13)28-22(31)16-12-27-30-20(23(24,25)26)11-17(29-21(16)30)14-7-8-18(32-2)19(10-14)33-3/h4-10,12,17,20,29H,11H2,1-3H3,(H,28,31)/t17-,20-/m0/s1. The van der Waals surface area contributed by atoms with E-state index in [4.69, 9.17) is 9.47 Å². The fraction of sp³-hybridized carbons (Fsp3) is 0.304. The number of hydrogen-bond acceptors (Lipinski definition) is 5. The summed E-state index contributed by atoms with van der Waals surface area (Å²) in [5, 5.41) is 9.70. The van der Waals surface area contributed by atoms with Crippen LogP contribution < -0.4 is 20.1 Å². The van der Waals surface area contributed by atoms with Gasteiger partial charge in [0, 0.05) is 12.1 Å². The SMILES string of the molecule is COc1ccc([C@@H]2C[C@@H](C(F)(F)F)n3ncc(C(=O)Nc4cccc(C)c4)c3N2)cc1OC. The van der Waals surface area contributed by atoms with Gasteiger partial charge in [0.15, 0.2) is 17.5 Å². The van der Waals surface area contributed by atoms with Gasteiger partial charge in [-0.1, -0.05) is 18.2 Å². The molecule has 33 heavy (non-hydrogen) atoms. The molecule has 2 atom stereocenters. The molecule has 10 heteroatoms. The van der Waals surface area contributed by atoms with E-state index in [1.807, 2.05) is 13.0 Å². The molecule has 2 N–H and O–H groups in total. The molecule has 2 heterocycles. The predicted octanol–water partition coefficient (Wildman–Crippen LogP) is 5.12. The van der Waals surface area contributed by atoms with Gasteiger partial charge in [-0.05, 0) is 42.3 Å². The molecule has 0 unspecified atom stereocenters. The van der Waals surface area contributed by atoms with Gasteiger partial charge in [-0.15, -0.1) is 0 Å². The van der Waals surface area contributed by atoms with Gasteiger partial charge in [0.25, 0.3) is 5.91 Å². The van der Waals surface area contributed by atoms with Crippen molar-refractivity contribution in [3.63, 3.8) is 0 Å². The molecule has 3 aromatic rings. The summed E-state index contributed by atoms with van der Waals surface area (Å²) in [7, 11) is 2.94. The predicted molar refractivity (Wildman–Crippen MR) is 117 cm³/mol. The monoisotopic (exact) mass is 460 g/mol. The third-order valence-corrected chi connectivity index (χ3v) is 5.57. The van der Waals surface area contributed by atoms with E-state index in [9.17, 15) is 18.0 Å². The van der Waals surface area contributed by atoms with Crippen LogP contribution in [0, 0.1) is 6.92 Å². The van der Waals surface area contributed by atoms with Gasteiger partial charge in [-0.2, -0.15) is 18.3 Å². The molecule has 1 amide bonds. The number of rotatable bonds is 5. The number of fused-ring (bicyclic) bond motifs is 1. The Morgan fingerprint density at radius 2 is 1.91 bits per heavy atom. The molecule has 0 fully saturated rings. The molecule has 4 rings (SSSR count). The molecule has 7 nitrogen and oxygen atoms in total. The van der Waals surface area contributed by atoms with Crippen LogP contribution in [0.2, 0.25) is 0 Å².